The monoisotopic (exact) mass is 522 g/mol. The van der Waals surface area contributed by atoms with Crippen LogP contribution < -0.4 is 4.74 Å². The number of alkyl halides is 3. The van der Waals surface area contributed by atoms with E-state index in [1.165, 1.54) is 6.07 Å². The summed E-state index contributed by atoms with van der Waals surface area (Å²) in [5, 5.41) is 1.22. The van der Waals surface area contributed by atoms with Crippen LogP contribution in [0.5, 0.6) is 5.75 Å². The Kier molecular flexibility index (Phi) is 8.79. The summed E-state index contributed by atoms with van der Waals surface area (Å²) in [4.78, 5) is 0. The lowest BCUT2D eigenvalue weighted by Gasteiger charge is -2.29. The first kappa shape index (κ1) is 27.0. The maximum atomic E-state index is 15.2. The van der Waals surface area contributed by atoms with E-state index in [1.54, 1.807) is 18.2 Å². The van der Waals surface area contributed by atoms with Gasteiger partial charge in [0.25, 0.3) is 0 Å². The van der Waals surface area contributed by atoms with Crippen molar-refractivity contribution in [1.29, 1.82) is 0 Å². The van der Waals surface area contributed by atoms with Gasteiger partial charge in [-0.2, -0.15) is 0 Å². The second-order valence-electron chi connectivity index (χ2n) is 8.79. The molecule has 1 aliphatic heterocycles. The summed E-state index contributed by atoms with van der Waals surface area (Å²) in [5.74, 6) is -2.38. The van der Waals surface area contributed by atoms with Gasteiger partial charge in [0.05, 0.1) is 19.8 Å². The Morgan fingerprint density at radius 3 is 2.35 bits per heavy atom. The van der Waals surface area contributed by atoms with Crippen molar-refractivity contribution in [2.24, 2.45) is 0 Å². The van der Waals surface area contributed by atoms with Gasteiger partial charge in [0.15, 0.2) is 17.9 Å². The van der Waals surface area contributed by atoms with Crippen LogP contribution in [0, 0.1) is 11.6 Å². The molecule has 3 aromatic carbocycles. The molecule has 1 heterocycles. The minimum atomic E-state index is -4.97. The fourth-order valence-electron chi connectivity index (χ4n) is 4.20. The fourth-order valence-corrected chi connectivity index (χ4v) is 4.20. The first-order valence-corrected chi connectivity index (χ1v) is 11.9. The molecule has 0 bridgehead atoms. The Hall–Kier alpha value is -3.01. The Balaban J connectivity index is 1.33. The smallest absolute Gasteiger partial charge is 0.403 e. The second kappa shape index (κ2) is 12.0. The van der Waals surface area contributed by atoms with E-state index in [2.05, 4.69) is 11.3 Å². The number of hydrogen-bond donors (Lipinski definition) is 0. The maximum absolute atomic E-state index is 15.2. The highest BCUT2D eigenvalue weighted by molar-refractivity contribution is 5.84. The van der Waals surface area contributed by atoms with E-state index in [0.717, 1.165) is 23.1 Å². The normalized spacial score (nSPS) is 18.2. The first-order valence-electron chi connectivity index (χ1n) is 11.9. The molecule has 1 saturated heterocycles. The highest BCUT2D eigenvalue weighted by Crippen LogP contribution is 2.28. The fraction of sp³-hybridized carbons (Fsp3) is 0.357. The van der Waals surface area contributed by atoms with Crippen molar-refractivity contribution in [2.45, 2.75) is 44.4 Å². The molecule has 4 nitrogen and oxygen atoms in total. The minimum absolute atomic E-state index is 0.103. The first-order chi connectivity index (χ1) is 17.7. The van der Waals surface area contributed by atoms with Crippen LogP contribution in [-0.4, -0.2) is 38.6 Å². The van der Waals surface area contributed by atoms with Gasteiger partial charge in [0.1, 0.15) is 11.9 Å². The number of rotatable bonds is 10. The zero-order valence-corrected chi connectivity index (χ0v) is 20.0. The van der Waals surface area contributed by atoms with Crippen LogP contribution in [0.2, 0.25) is 0 Å². The largest absolute Gasteiger partial charge is 0.573 e. The maximum Gasteiger partial charge on any atom is 0.573 e. The molecule has 3 aromatic rings. The Labute approximate surface area is 211 Å². The molecule has 1 fully saturated rings. The predicted octanol–water partition coefficient (Wildman–Crippen LogP) is 6.68. The van der Waals surface area contributed by atoms with E-state index in [9.17, 15) is 17.6 Å². The van der Waals surface area contributed by atoms with Crippen LogP contribution in [0.25, 0.3) is 10.8 Å². The second-order valence-corrected chi connectivity index (χ2v) is 8.79. The van der Waals surface area contributed by atoms with E-state index in [4.69, 9.17) is 14.2 Å². The number of benzene rings is 3. The number of halogens is 5. The van der Waals surface area contributed by atoms with Crippen LogP contribution in [0.4, 0.5) is 22.0 Å². The lowest BCUT2D eigenvalue weighted by atomic mass is 9.98. The molecule has 0 atom stereocenters. The molecule has 0 radical (unpaired) electrons. The van der Waals surface area contributed by atoms with Crippen molar-refractivity contribution in [3.05, 3.63) is 89.5 Å². The third kappa shape index (κ3) is 7.50. The molecule has 1 aliphatic rings. The van der Waals surface area contributed by atoms with Gasteiger partial charge >= 0.3 is 6.36 Å². The van der Waals surface area contributed by atoms with Gasteiger partial charge < -0.3 is 18.9 Å². The quantitative estimate of drug-likeness (QED) is 0.220. The average Bonchev–Trinajstić information content (AvgIpc) is 2.87. The molecular weight excluding hydrogens is 495 g/mol. The van der Waals surface area contributed by atoms with E-state index in [0.29, 0.717) is 49.2 Å². The molecule has 0 saturated carbocycles. The zero-order chi connectivity index (χ0) is 26.4. The van der Waals surface area contributed by atoms with Crippen LogP contribution in [0.3, 0.4) is 0 Å². The molecule has 0 spiro atoms. The third-order valence-corrected chi connectivity index (χ3v) is 6.06. The molecule has 4 rings (SSSR count). The SMILES string of the molecule is C=CCOC1COC(CCc2ccc3c(F)c(CCc4ccc(OC(F)(F)F)c(F)c4)ccc3c2)OC1. The van der Waals surface area contributed by atoms with Crippen LogP contribution >= 0.6 is 0 Å². The molecule has 9 heteroatoms. The third-order valence-electron chi connectivity index (χ3n) is 6.06. The standard InChI is InChI=1S/C28H27F5O4/c1-2-13-34-22-16-35-26(36-17-22)12-6-18-4-10-23-21(14-18)9-8-20(27(23)30)7-3-19-5-11-25(24(29)15-19)37-28(31,32)33/h2,4-5,8-11,14-15,22,26H,1,3,6-7,12-13,16-17H2. The van der Waals surface area contributed by atoms with Gasteiger partial charge in [0, 0.05) is 11.8 Å². The summed E-state index contributed by atoms with van der Waals surface area (Å²) in [5.41, 5.74) is 1.90. The lowest BCUT2D eigenvalue weighted by molar-refractivity contribution is -0.275. The van der Waals surface area contributed by atoms with Gasteiger partial charge in [-0.05, 0) is 53.5 Å². The molecule has 0 N–H and O–H groups in total. The number of aryl methyl sites for hydroxylation is 3. The lowest BCUT2D eigenvalue weighted by Crippen LogP contribution is -2.37. The van der Waals surface area contributed by atoms with Crippen molar-refractivity contribution in [3.8, 4) is 5.75 Å². The summed E-state index contributed by atoms with van der Waals surface area (Å²) >= 11 is 0. The average molecular weight is 523 g/mol. The van der Waals surface area contributed by atoms with E-state index < -0.39 is 17.9 Å². The molecule has 0 amide bonds. The molecular formula is C28H27F5O4. The van der Waals surface area contributed by atoms with Gasteiger partial charge in [0.2, 0.25) is 0 Å². The number of ether oxygens (including phenoxy) is 4. The predicted molar refractivity (Wildman–Crippen MR) is 128 cm³/mol. The van der Waals surface area contributed by atoms with Gasteiger partial charge in [-0.1, -0.05) is 42.5 Å². The minimum Gasteiger partial charge on any atom is -0.403 e. The number of hydrogen-bond acceptors (Lipinski definition) is 4. The number of fused-ring (bicyclic) bond motifs is 1. The summed E-state index contributed by atoms with van der Waals surface area (Å²) < 4.78 is 86.6. The van der Waals surface area contributed by atoms with Crippen molar-refractivity contribution >= 4 is 10.8 Å². The molecule has 0 unspecified atom stereocenters. The zero-order valence-electron chi connectivity index (χ0n) is 20.0. The molecule has 0 aliphatic carbocycles. The van der Waals surface area contributed by atoms with E-state index >= 15 is 4.39 Å². The summed E-state index contributed by atoms with van der Waals surface area (Å²) in [7, 11) is 0. The van der Waals surface area contributed by atoms with Gasteiger partial charge in [-0.15, -0.1) is 19.8 Å². The van der Waals surface area contributed by atoms with E-state index in [-0.39, 0.29) is 31.1 Å². The summed E-state index contributed by atoms with van der Waals surface area (Å²) in [6, 6.07) is 12.3. The molecule has 198 valence electrons. The van der Waals surface area contributed by atoms with Gasteiger partial charge in [-0.3, -0.25) is 0 Å². The van der Waals surface area contributed by atoms with Crippen molar-refractivity contribution in [3.63, 3.8) is 0 Å². The van der Waals surface area contributed by atoms with Crippen molar-refractivity contribution in [1.82, 2.24) is 0 Å². The summed E-state index contributed by atoms with van der Waals surface area (Å²) in [6.45, 7) is 4.99. The highest BCUT2D eigenvalue weighted by atomic mass is 19.4. The Bertz CT molecular complexity index is 1220. The van der Waals surface area contributed by atoms with Gasteiger partial charge in [-0.25, -0.2) is 8.78 Å². The Morgan fingerprint density at radius 2 is 1.65 bits per heavy atom. The van der Waals surface area contributed by atoms with E-state index in [1.807, 2.05) is 18.2 Å². The van der Waals surface area contributed by atoms with Crippen molar-refractivity contribution in [2.75, 3.05) is 19.8 Å². The van der Waals surface area contributed by atoms with Crippen LogP contribution in [-0.2, 0) is 33.5 Å². The Morgan fingerprint density at radius 1 is 0.919 bits per heavy atom. The summed E-state index contributed by atoms with van der Waals surface area (Å²) in [6.07, 6.45) is -1.85. The molecule has 37 heavy (non-hydrogen) atoms. The van der Waals surface area contributed by atoms with Crippen LogP contribution in [0.1, 0.15) is 23.1 Å². The highest BCUT2D eigenvalue weighted by Gasteiger charge is 2.32. The topological polar surface area (TPSA) is 36.9 Å². The van der Waals surface area contributed by atoms with Crippen LogP contribution in [0.15, 0.2) is 61.2 Å². The molecule has 0 aromatic heterocycles. The van der Waals surface area contributed by atoms with Crippen molar-refractivity contribution < 1.29 is 40.9 Å².